The standard InChI is InChI=1S/C30H29ClFN7O4S/c1-4-23(40)37-13-14-38(17(2)16-37)28-19-15-21(32)26(25-20(31)9-6-11-33-25)35-29(19)39(30(41)36-28)27-22(44(3,42)43)10-12-34-24(27)18-7-5-8-18/h4,6,9-12,15,17-18H,1,5,7-8,13-14,16H2,2-3H3/t17-/m0/s1. The van der Waals surface area contributed by atoms with Crippen molar-refractivity contribution in [2.24, 2.45) is 0 Å². The number of carbonyl (C=O) groups is 1. The van der Waals surface area contributed by atoms with Gasteiger partial charge in [-0.05, 0) is 50.1 Å². The number of hydrogen-bond donors (Lipinski definition) is 0. The minimum absolute atomic E-state index is 0.0200. The number of sulfone groups is 1. The van der Waals surface area contributed by atoms with Crippen LogP contribution in [0.25, 0.3) is 28.1 Å². The summed E-state index contributed by atoms with van der Waals surface area (Å²) in [7, 11) is -3.86. The molecule has 0 radical (unpaired) electrons. The molecular weight excluding hydrogens is 609 g/mol. The number of anilines is 1. The van der Waals surface area contributed by atoms with E-state index >= 15 is 4.39 Å². The zero-order chi connectivity index (χ0) is 31.3. The third-order valence-electron chi connectivity index (χ3n) is 8.20. The Morgan fingerprint density at radius 2 is 1.91 bits per heavy atom. The molecule has 1 saturated heterocycles. The molecule has 0 aromatic carbocycles. The van der Waals surface area contributed by atoms with Gasteiger partial charge in [-0.1, -0.05) is 24.6 Å². The van der Waals surface area contributed by atoms with Crippen LogP contribution in [0.5, 0.6) is 0 Å². The van der Waals surface area contributed by atoms with Gasteiger partial charge in [0.1, 0.15) is 17.2 Å². The third-order valence-corrected chi connectivity index (χ3v) is 9.63. The summed E-state index contributed by atoms with van der Waals surface area (Å²) < 4.78 is 43.3. The summed E-state index contributed by atoms with van der Waals surface area (Å²) in [6.45, 7) is 6.37. The monoisotopic (exact) mass is 637 g/mol. The Morgan fingerprint density at radius 1 is 1.14 bits per heavy atom. The van der Waals surface area contributed by atoms with Gasteiger partial charge in [-0.15, -0.1) is 0 Å². The van der Waals surface area contributed by atoms with Gasteiger partial charge < -0.3 is 9.80 Å². The van der Waals surface area contributed by atoms with E-state index in [4.69, 9.17) is 11.6 Å². The summed E-state index contributed by atoms with van der Waals surface area (Å²) in [5.74, 6) is -0.885. The van der Waals surface area contributed by atoms with Crippen molar-refractivity contribution in [2.45, 2.75) is 43.0 Å². The van der Waals surface area contributed by atoms with Gasteiger partial charge in [-0.2, -0.15) is 4.98 Å². The molecule has 44 heavy (non-hydrogen) atoms. The topological polar surface area (TPSA) is 131 Å². The molecule has 11 nitrogen and oxygen atoms in total. The number of pyridine rings is 3. The molecule has 1 aliphatic carbocycles. The summed E-state index contributed by atoms with van der Waals surface area (Å²) in [6.07, 6.45) is 7.64. The second kappa shape index (κ2) is 11.4. The van der Waals surface area contributed by atoms with Crippen LogP contribution in [0.2, 0.25) is 5.02 Å². The van der Waals surface area contributed by atoms with E-state index < -0.39 is 21.3 Å². The van der Waals surface area contributed by atoms with Crippen LogP contribution in [0.3, 0.4) is 0 Å². The molecule has 1 atom stereocenters. The Labute approximate surface area is 258 Å². The smallest absolute Gasteiger partial charge is 0.350 e. The Hall–Kier alpha value is -4.23. The Bertz CT molecular complexity index is 2000. The van der Waals surface area contributed by atoms with E-state index in [1.807, 2.05) is 11.8 Å². The van der Waals surface area contributed by atoms with E-state index in [-0.39, 0.29) is 61.7 Å². The number of rotatable bonds is 6. The molecule has 228 valence electrons. The van der Waals surface area contributed by atoms with Crippen LogP contribution in [0.1, 0.15) is 37.8 Å². The molecule has 4 aromatic rings. The lowest BCUT2D eigenvalue weighted by Crippen LogP contribution is -2.54. The van der Waals surface area contributed by atoms with Gasteiger partial charge in [-0.25, -0.2) is 27.2 Å². The van der Waals surface area contributed by atoms with Crippen LogP contribution in [0.4, 0.5) is 10.2 Å². The van der Waals surface area contributed by atoms with Crippen LogP contribution < -0.4 is 10.6 Å². The van der Waals surface area contributed by atoms with E-state index in [0.717, 1.165) is 30.1 Å². The van der Waals surface area contributed by atoms with Crippen molar-refractivity contribution in [1.82, 2.24) is 29.4 Å². The summed E-state index contributed by atoms with van der Waals surface area (Å²) in [6, 6.07) is 5.40. The number of amides is 1. The first-order valence-corrected chi connectivity index (χ1v) is 16.4. The van der Waals surface area contributed by atoms with Gasteiger partial charge in [0.05, 0.1) is 26.7 Å². The number of carbonyl (C=O) groups excluding carboxylic acids is 1. The molecular formula is C30H29ClFN7O4S. The maximum atomic E-state index is 16.0. The maximum absolute atomic E-state index is 16.0. The van der Waals surface area contributed by atoms with Crippen LogP contribution in [0.15, 0.2) is 59.0 Å². The Balaban J connectivity index is 1.67. The van der Waals surface area contributed by atoms with Gasteiger partial charge in [0.15, 0.2) is 21.3 Å². The number of fused-ring (bicyclic) bond motifs is 1. The summed E-state index contributed by atoms with van der Waals surface area (Å²) in [5, 5.41) is 0.322. The minimum atomic E-state index is -3.86. The molecule has 1 amide bonds. The van der Waals surface area contributed by atoms with E-state index in [1.54, 1.807) is 17.0 Å². The Kier molecular flexibility index (Phi) is 7.70. The molecule has 6 rings (SSSR count). The molecule has 0 unspecified atom stereocenters. The fourth-order valence-electron chi connectivity index (χ4n) is 5.81. The van der Waals surface area contributed by atoms with Crippen molar-refractivity contribution in [3.8, 4) is 17.1 Å². The van der Waals surface area contributed by atoms with Crippen molar-refractivity contribution < 1.29 is 17.6 Å². The van der Waals surface area contributed by atoms with E-state index in [0.29, 0.717) is 25.3 Å². The molecule has 2 aliphatic rings. The minimum Gasteiger partial charge on any atom is -0.350 e. The second-order valence-electron chi connectivity index (χ2n) is 11.1. The zero-order valence-electron chi connectivity index (χ0n) is 24.1. The van der Waals surface area contributed by atoms with Crippen molar-refractivity contribution in [2.75, 3.05) is 30.8 Å². The lowest BCUT2D eigenvalue weighted by atomic mass is 9.82. The number of halogens is 2. The van der Waals surface area contributed by atoms with Gasteiger partial charge in [0, 0.05) is 50.2 Å². The van der Waals surface area contributed by atoms with Crippen molar-refractivity contribution in [3.05, 3.63) is 76.3 Å². The zero-order valence-corrected chi connectivity index (χ0v) is 25.6. The highest BCUT2D eigenvalue weighted by atomic mass is 35.5. The van der Waals surface area contributed by atoms with E-state index in [2.05, 4.69) is 26.5 Å². The molecule has 5 heterocycles. The number of nitrogens with zero attached hydrogens (tertiary/aromatic N) is 7. The van der Waals surface area contributed by atoms with Gasteiger partial charge in [0.2, 0.25) is 5.91 Å². The highest BCUT2D eigenvalue weighted by Crippen LogP contribution is 2.41. The quantitative estimate of drug-likeness (QED) is 0.289. The number of aromatic nitrogens is 5. The van der Waals surface area contributed by atoms with E-state index in [9.17, 15) is 18.0 Å². The van der Waals surface area contributed by atoms with Gasteiger partial charge >= 0.3 is 5.69 Å². The van der Waals surface area contributed by atoms with Crippen LogP contribution in [-0.2, 0) is 14.6 Å². The first-order chi connectivity index (χ1) is 21.0. The fraction of sp³-hybridized carbons (Fsp3) is 0.333. The van der Waals surface area contributed by atoms with Crippen LogP contribution >= 0.6 is 11.6 Å². The first kappa shape index (κ1) is 29.8. The van der Waals surface area contributed by atoms with Gasteiger partial charge in [-0.3, -0.25) is 14.8 Å². The van der Waals surface area contributed by atoms with Crippen molar-refractivity contribution in [3.63, 3.8) is 0 Å². The highest BCUT2D eigenvalue weighted by molar-refractivity contribution is 7.90. The molecule has 14 heteroatoms. The predicted octanol–water partition coefficient (Wildman–Crippen LogP) is 3.92. The number of hydrogen-bond acceptors (Lipinski definition) is 9. The SMILES string of the molecule is C=CC(=O)N1CCN(c2nc(=O)n(-c3c(S(C)(=O)=O)ccnc3C3CCC3)c3nc(-c4ncccc4Cl)c(F)cc23)[C@@H](C)C1. The highest BCUT2D eigenvalue weighted by Gasteiger charge is 2.33. The average Bonchev–Trinajstić information content (AvgIpc) is 2.95. The van der Waals surface area contributed by atoms with Crippen LogP contribution in [-0.4, -0.2) is 75.7 Å². The van der Waals surface area contributed by atoms with Crippen LogP contribution in [0, 0.1) is 5.82 Å². The first-order valence-electron chi connectivity index (χ1n) is 14.1. The number of piperazine rings is 1. The van der Waals surface area contributed by atoms with E-state index in [1.165, 1.54) is 30.6 Å². The summed E-state index contributed by atoms with van der Waals surface area (Å²) in [4.78, 5) is 47.5. The lowest BCUT2D eigenvalue weighted by Gasteiger charge is -2.40. The molecule has 2 fully saturated rings. The molecule has 1 saturated carbocycles. The molecule has 1 aliphatic heterocycles. The molecule has 0 N–H and O–H groups in total. The molecule has 0 bridgehead atoms. The maximum Gasteiger partial charge on any atom is 0.355 e. The third kappa shape index (κ3) is 5.13. The normalized spacial score (nSPS) is 17.5. The second-order valence-corrected chi connectivity index (χ2v) is 13.4. The summed E-state index contributed by atoms with van der Waals surface area (Å²) >= 11 is 6.38. The molecule has 0 spiro atoms. The Morgan fingerprint density at radius 3 is 2.55 bits per heavy atom. The van der Waals surface area contributed by atoms with Gasteiger partial charge in [0.25, 0.3) is 0 Å². The predicted molar refractivity (Wildman–Crippen MR) is 164 cm³/mol. The lowest BCUT2D eigenvalue weighted by molar-refractivity contribution is -0.126. The fourth-order valence-corrected chi connectivity index (χ4v) is 6.88. The average molecular weight is 638 g/mol. The van der Waals surface area contributed by atoms with Crippen molar-refractivity contribution >= 4 is 44.2 Å². The molecule has 4 aromatic heterocycles. The largest absolute Gasteiger partial charge is 0.355 e. The summed E-state index contributed by atoms with van der Waals surface area (Å²) in [5.41, 5.74) is -0.485. The van der Waals surface area contributed by atoms with Crippen molar-refractivity contribution in [1.29, 1.82) is 0 Å².